The van der Waals surface area contributed by atoms with Crippen LogP contribution in [-0.4, -0.2) is 10.8 Å². The summed E-state index contributed by atoms with van der Waals surface area (Å²) in [6.07, 6.45) is 0. The predicted octanol–water partition coefficient (Wildman–Crippen LogP) is 3.39. The van der Waals surface area contributed by atoms with Crippen molar-refractivity contribution in [3.8, 4) is 0 Å². The molecule has 0 aliphatic carbocycles. The van der Waals surface area contributed by atoms with Gasteiger partial charge in [0.25, 0.3) is 11.6 Å². The van der Waals surface area contributed by atoms with Crippen LogP contribution in [0.1, 0.15) is 15.9 Å². The largest absolute Gasteiger partial charge is 0.398 e. The number of nitrogens with two attached hydrogens (primary N) is 1. The number of rotatable bonds is 3. The molecule has 0 atom stereocenters. The molecule has 0 aliphatic rings. The Morgan fingerprint density at radius 1 is 1.29 bits per heavy atom. The lowest BCUT2D eigenvalue weighted by Gasteiger charge is -2.09. The molecule has 0 fully saturated rings. The number of nitrogens with zero attached hydrogens (tertiary/aromatic N) is 1. The predicted molar refractivity (Wildman–Crippen MR) is 81.7 cm³/mol. The second-order valence-electron chi connectivity index (χ2n) is 4.45. The van der Waals surface area contributed by atoms with Gasteiger partial charge in [0.15, 0.2) is 0 Å². The van der Waals surface area contributed by atoms with Gasteiger partial charge in [-0.1, -0.05) is 17.7 Å². The van der Waals surface area contributed by atoms with Crippen molar-refractivity contribution in [1.29, 1.82) is 0 Å². The number of nitrogens with one attached hydrogen (secondary N) is 1. The number of nitro benzene ring substituents is 1. The second-order valence-corrected chi connectivity index (χ2v) is 4.85. The van der Waals surface area contributed by atoms with Crippen LogP contribution in [0.4, 0.5) is 17.1 Å². The third kappa shape index (κ3) is 3.29. The van der Waals surface area contributed by atoms with E-state index in [1.807, 2.05) is 0 Å². The Balaban J connectivity index is 2.28. The van der Waals surface area contributed by atoms with E-state index in [2.05, 4.69) is 5.32 Å². The van der Waals surface area contributed by atoms with Crippen molar-refractivity contribution in [2.45, 2.75) is 6.92 Å². The molecular weight excluding hydrogens is 294 g/mol. The Bertz CT molecular complexity index is 731. The van der Waals surface area contributed by atoms with E-state index in [9.17, 15) is 14.9 Å². The molecule has 0 aliphatic heterocycles. The molecule has 6 nitrogen and oxygen atoms in total. The fourth-order valence-corrected chi connectivity index (χ4v) is 1.90. The third-order valence-electron chi connectivity index (χ3n) is 2.94. The van der Waals surface area contributed by atoms with Crippen molar-refractivity contribution in [3.63, 3.8) is 0 Å². The number of hydrogen-bond donors (Lipinski definition) is 2. The van der Waals surface area contributed by atoms with Gasteiger partial charge in [0, 0.05) is 17.7 Å². The maximum absolute atomic E-state index is 12.1. The van der Waals surface area contributed by atoms with Crippen LogP contribution in [-0.2, 0) is 0 Å². The maximum Gasteiger partial charge on any atom is 0.271 e. The van der Waals surface area contributed by atoms with Gasteiger partial charge >= 0.3 is 0 Å². The first-order valence-electron chi connectivity index (χ1n) is 6.00. The van der Waals surface area contributed by atoms with Crippen molar-refractivity contribution in [1.82, 2.24) is 0 Å². The summed E-state index contributed by atoms with van der Waals surface area (Å²) in [5.41, 5.74) is 7.28. The molecule has 0 spiro atoms. The van der Waals surface area contributed by atoms with Crippen LogP contribution in [0.3, 0.4) is 0 Å². The molecule has 2 aromatic rings. The van der Waals surface area contributed by atoms with Crippen LogP contribution in [0.15, 0.2) is 36.4 Å². The van der Waals surface area contributed by atoms with Crippen LogP contribution in [0.2, 0.25) is 5.02 Å². The molecule has 0 radical (unpaired) electrons. The van der Waals surface area contributed by atoms with Crippen molar-refractivity contribution in [3.05, 3.63) is 62.7 Å². The van der Waals surface area contributed by atoms with E-state index in [1.54, 1.807) is 13.0 Å². The third-order valence-corrected chi connectivity index (χ3v) is 3.27. The van der Waals surface area contributed by atoms with Gasteiger partial charge in [0.05, 0.1) is 21.3 Å². The van der Waals surface area contributed by atoms with E-state index >= 15 is 0 Å². The SMILES string of the molecule is Cc1ccc([N+](=O)[O-])cc1NC(=O)c1ccc(N)c(Cl)c1. The zero-order chi connectivity index (χ0) is 15.6. The summed E-state index contributed by atoms with van der Waals surface area (Å²) in [4.78, 5) is 22.4. The summed E-state index contributed by atoms with van der Waals surface area (Å²) in [6.45, 7) is 1.75. The van der Waals surface area contributed by atoms with Gasteiger partial charge in [-0.3, -0.25) is 14.9 Å². The zero-order valence-corrected chi connectivity index (χ0v) is 11.8. The minimum absolute atomic E-state index is 0.0914. The summed E-state index contributed by atoms with van der Waals surface area (Å²) >= 11 is 5.86. The van der Waals surface area contributed by atoms with E-state index in [1.165, 1.54) is 30.3 Å². The van der Waals surface area contributed by atoms with Gasteiger partial charge in [-0.25, -0.2) is 0 Å². The number of carbonyl (C=O) groups excluding carboxylic acids is 1. The smallest absolute Gasteiger partial charge is 0.271 e. The number of non-ortho nitro benzene ring substituents is 1. The minimum atomic E-state index is -0.519. The monoisotopic (exact) mass is 305 g/mol. The Morgan fingerprint density at radius 3 is 2.62 bits per heavy atom. The van der Waals surface area contributed by atoms with E-state index in [0.29, 0.717) is 16.9 Å². The lowest BCUT2D eigenvalue weighted by Crippen LogP contribution is -2.13. The summed E-state index contributed by atoms with van der Waals surface area (Å²) in [5, 5.41) is 13.7. The topological polar surface area (TPSA) is 98.3 Å². The van der Waals surface area contributed by atoms with Crippen molar-refractivity contribution >= 4 is 34.6 Å². The van der Waals surface area contributed by atoms with Crippen LogP contribution in [0.5, 0.6) is 0 Å². The molecule has 0 saturated carbocycles. The summed E-state index contributed by atoms with van der Waals surface area (Å²) in [7, 11) is 0. The fraction of sp³-hybridized carbons (Fsp3) is 0.0714. The number of carbonyl (C=O) groups is 1. The molecule has 2 rings (SSSR count). The van der Waals surface area contributed by atoms with E-state index < -0.39 is 10.8 Å². The number of anilines is 2. The Hall–Kier alpha value is -2.60. The highest BCUT2D eigenvalue weighted by Gasteiger charge is 2.13. The van der Waals surface area contributed by atoms with Gasteiger partial charge in [-0.05, 0) is 30.7 Å². The number of hydrogen-bond acceptors (Lipinski definition) is 4. The van der Waals surface area contributed by atoms with Gasteiger partial charge < -0.3 is 11.1 Å². The lowest BCUT2D eigenvalue weighted by molar-refractivity contribution is -0.384. The average Bonchev–Trinajstić information content (AvgIpc) is 2.43. The van der Waals surface area contributed by atoms with E-state index in [-0.39, 0.29) is 10.7 Å². The zero-order valence-electron chi connectivity index (χ0n) is 11.1. The number of benzene rings is 2. The first-order chi connectivity index (χ1) is 9.88. The highest BCUT2D eigenvalue weighted by Crippen LogP contribution is 2.24. The summed E-state index contributed by atoms with van der Waals surface area (Å²) in [6, 6.07) is 8.76. The molecule has 0 bridgehead atoms. The lowest BCUT2D eigenvalue weighted by atomic mass is 10.1. The van der Waals surface area contributed by atoms with Crippen LogP contribution in [0, 0.1) is 17.0 Å². The van der Waals surface area contributed by atoms with Crippen LogP contribution >= 0.6 is 11.6 Å². The van der Waals surface area contributed by atoms with E-state index in [0.717, 1.165) is 5.56 Å². The molecule has 21 heavy (non-hydrogen) atoms. The fourth-order valence-electron chi connectivity index (χ4n) is 1.72. The number of amides is 1. The van der Waals surface area contributed by atoms with Crippen molar-refractivity contribution in [2.75, 3.05) is 11.1 Å². The van der Waals surface area contributed by atoms with Crippen LogP contribution in [0.25, 0.3) is 0 Å². The second kappa shape index (κ2) is 5.80. The molecule has 0 saturated heterocycles. The van der Waals surface area contributed by atoms with Crippen molar-refractivity contribution < 1.29 is 9.72 Å². The minimum Gasteiger partial charge on any atom is -0.398 e. The Morgan fingerprint density at radius 2 is 2.00 bits per heavy atom. The molecular formula is C14H12ClN3O3. The summed E-state index contributed by atoms with van der Waals surface area (Å²) < 4.78 is 0. The Kier molecular flexibility index (Phi) is 4.09. The highest BCUT2D eigenvalue weighted by atomic mass is 35.5. The van der Waals surface area contributed by atoms with Gasteiger partial charge in [0.1, 0.15) is 0 Å². The van der Waals surface area contributed by atoms with E-state index in [4.69, 9.17) is 17.3 Å². The normalized spacial score (nSPS) is 10.2. The molecule has 0 heterocycles. The first-order valence-corrected chi connectivity index (χ1v) is 6.37. The standard InChI is InChI=1S/C14H12ClN3O3/c1-8-2-4-10(18(20)21)7-13(8)17-14(19)9-3-5-12(16)11(15)6-9/h2-7H,16H2,1H3,(H,17,19). The molecule has 7 heteroatoms. The summed E-state index contributed by atoms with van der Waals surface area (Å²) in [5.74, 6) is -0.416. The molecule has 0 unspecified atom stereocenters. The van der Waals surface area contributed by atoms with Gasteiger partial charge in [-0.15, -0.1) is 0 Å². The molecule has 0 aromatic heterocycles. The van der Waals surface area contributed by atoms with Gasteiger partial charge in [-0.2, -0.15) is 0 Å². The highest BCUT2D eigenvalue weighted by molar-refractivity contribution is 6.33. The molecule has 3 N–H and O–H groups in total. The van der Waals surface area contributed by atoms with Gasteiger partial charge in [0.2, 0.25) is 0 Å². The molecule has 2 aromatic carbocycles. The quantitative estimate of drug-likeness (QED) is 0.516. The number of halogens is 1. The number of nitro groups is 1. The van der Waals surface area contributed by atoms with Crippen molar-refractivity contribution in [2.24, 2.45) is 0 Å². The number of aryl methyl sites for hydroxylation is 1. The Labute approximate surface area is 125 Å². The number of nitrogen functional groups attached to an aromatic ring is 1. The van der Waals surface area contributed by atoms with Crippen LogP contribution < -0.4 is 11.1 Å². The molecule has 1 amide bonds. The molecule has 108 valence electrons. The maximum atomic E-state index is 12.1. The average molecular weight is 306 g/mol. The first kappa shape index (κ1) is 14.8.